The van der Waals surface area contributed by atoms with Crippen LogP contribution in [-0.2, 0) is 10.2 Å². The molecule has 0 atom stereocenters. The molecule has 1 amide bonds. The molecule has 2 N–H and O–H groups in total. The van der Waals surface area contributed by atoms with Gasteiger partial charge < -0.3 is 15.5 Å². The molecule has 0 unspecified atom stereocenters. The van der Waals surface area contributed by atoms with Crippen LogP contribution in [0.1, 0.15) is 25.1 Å². The summed E-state index contributed by atoms with van der Waals surface area (Å²) >= 11 is 1.64. The van der Waals surface area contributed by atoms with Gasteiger partial charge in [-0.3, -0.25) is 4.79 Å². The van der Waals surface area contributed by atoms with Crippen LogP contribution in [0.3, 0.4) is 0 Å². The van der Waals surface area contributed by atoms with E-state index in [4.69, 9.17) is 0 Å². The quantitative estimate of drug-likeness (QED) is 0.782. The number of thiophene rings is 1. The van der Waals surface area contributed by atoms with Gasteiger partial charge in [0.2, 0.25) is 5.91 Å². The molecule has 120 valence electrons. The van der Waals surface area contributed by atoms with E-state index in [0.717, 1.165) is 50.6 Å². The van der Waals surface area contributed by atoms with Gasteiger partial charge in [-0.15, -0.1) is 23.7 Å². The Morgan fingerprint density at radius 1 is 1.43 bits per heavy atom. The normalized spacial score (nSPS) is 16.3. The number of hydrogen-bond acceptors (Lipinski definition) is 4. The van der Waals surface area contributed by atoms with E-state index in [1.54, 1.807) is 11.3 Å². The highest BCUT2D eigenvalue weighted by Gasteiger charge is 2.30. The largest absolute Gasteiger partial charge is 0.355 e. The summed E-state index contributed by atoms with van der Waals surface area (Å²) in [6.07, 6.45) is 1.02. The lowest BCUT2D eigenvalue weighted by atomic mass is 9.90. The molecule has 21 heavy (non-hydrogen) atoms. The Balaban J connectivity index is 0.00000220. The first kappa shape index (κ1) is 18.4. The third kappa shape index (κ3) is 5.25. The van der Waals surface area contributed by atoms with Crippen molar-refractivity contribution in [1.82, 2.24) is 15.5 Å². The van der Waals surface area contributed by atoms with Crippen molar-refractivity contribution >= 4 is 29.7 Å². The number of amides is 1. The molecule has 1 aliphatic heterocycles. The SMILES string of the molecule is CC(C)(C(=O)NCCCN1CCNCC1)c1cccs1.Cl. The van der Waals surface area contributed by atoms with E-state index in [0.29, 0.717) is 0 Å². The number of nitrogens with zero attached hydrogens (tertiary/aromatic N) is 1. The number of carbonyl (C=O) groups is 1. The Morgan fingerprint density at radius 3 is 2.76 bits per heavy atom. The molecule has 1 aliphatic rings. The molecule has 0 radical (unpaired) electrons. The maximum atomic E-state index is 12.3. The number of piperazine rings is 1. The summed E-state index contributed by atoms with van der Waals surface area (Å²) in [5, 5.41) is 8.45. The maximum Gasteiger partial charge on any atom is 0.230 e. The minimum absolute atomic E-state index is 0. The standard InChI is InChI=1S/C15H25N3OS.ClH/c1-15(2,13-5-3-12-20-13)14(19)17-6-4-9-18-10-7-16-8-11-18;/h3,5,12,16H,4,6-11H2,1-2H3,(H,17,19);1H. The van der Waals surface area contributed by atoms with Gasteiger partial charge in [-0.2, -0.15) is 0 Å². The molecule has 2 heterocycles. The van der Waals surface area contributed by atoms with Gasteiger partial charge in [0.15, 0.2) is 0 Å². The topological polar surface area (TPSA) is 44.4 Å². The van der Waals surface area contributed by atoms with Crippen LogP contribution in [0.25, 0.3) is 0 Å². The third-order valence-electron chi connectivity index (χ3n) is 3.85. The van der Waals surface area contributed by atoms with Gasteiger partial charge >= 0.3 is 0 Å². The Hall–Kier alpha value is -0.620. The lowest BCUT2D eigenvalue weighted by Crippen LogP contribution is -2.45. The van der Waals surface area contributed by atoms with Gasteiger partial charge in [0, 0.05) is 37.6 Å². The van der Waals surface area contributed by atoms with Gasteiger partial charge in [-0.05, 0) is 38.3 Å². The van der Waals surface area contributed by atoms with Crippen LogP contribution in [0.4, 0.5) is 0 Å². The van der Waals surface area contributed by atoms with E-state index < -0.39 is 5.41 Å². The summed E-state index contributed by atoms with van der Waals surface area (Å²) in [5.74, 6) is 0.125. The highest BCUT2D eigenvalue weighted by Crippen LogP contribution is 2.27. The molecule has 0 aromatic carbocycles. The molecule has 1 fully saturated rings. The first-order valence-corrected chi connectivity index (χ1v) is 8.24. The highest BCUT2D eigenvalue weighted by atomic mass is 35.5. The predicted molar refractivity (Wildman–Crippen MR) is 91.5 cm³/mol. The molecular formula is C15H26ClN3OS. The van der Waals surface area contributed by atoms with Gasteiger partial charge in [-0.25, -0.2) is 0 Å². The zero-order chi connectivity index (χ0) is 14.4. The fourth-order valence-electron chi connectivity index (χ4n) is 2.41. The second kappa shape index (κ2) is 8.73. The third-order valence-corrected chi connectivity index (χ3v) is 5.04. The number of nitrogens with one attached hydrogen (secondary N) is 2. The monoisotopic (exact) mass is 331 g/mol. The van der Waals surface area contributed by atoms with Crippen LogP contribution >= 0.6 is 23.7 Å². The average molecular weight is 332 g/mol. The van der Waals surface area contributed by atoms with Gasteiger partial charge in [0.05, 0.1) is 5.41 Å². The van der Waals surface area contributed by atoms with Crippen molar-refractivity contribution in [2.24, 2.45) is 0 Å². The molecule has 1 saturated heterocycles. The van der Waals surface area contributed by atoms with Crippen molar-refractivity contribution < 1.29 is 4.79 Å². The van der Waals surface area contributed by atoms with Crippen LogP contribution in [-0.4, -0.2) is 50.1 Å². The minimum atomic E-state index is -0.427. The van der Waals surface area contributed by atoms with Crippen molar-refractivity contribution in [3.05, 3.63) is 22.4 Å². The van der Waals surface area contributed by atoms with Crippen LogP contribution < -0.4 is 10.6 Å². The van der Waals surface area contributed by atoms with Crippen LogP contribution in [0.2, 0.25) is 0 Å². The van der Waals surface area contributed by atoms with Crippen molar-refractivity contribution in [2.45, 2.75) is 25.7 Å². The van der Waals surface area contributed by atoms with Crippen molar-refractivity contribution in [3.63, 3.8) is 0 Å². The summed E-state index contributed by atoms with van der Waals surface area (Å²) in [5.41, 5.74) is -0.427. The summed E-state index contributed by atoms with van der Waals surface area (Å²) < 4.78 is 0. The number of carbonyl (C=O) groups excluding carboxylic acids is 1. The van der Waals surface area contributed by atoms with E-state index in [2.05, 4.69) is 15.5 Å². The average Bonchev–Trinajstić information content (AvgIpc) is 2.99. The number of halogens is 1. The van der Waals surface area contributed by atoms with Crippen LogP contribution in [0.15, 0.2) is 17.5 Å². The maximum absolute atomic E-state index is 12.3. The molecule has 1 aromatic rings. The van der Waals surface area contributed by atoms with Gasteiger partial charge in [-0.1, -0.05) is 6.07 Å². The molecule has 4 nitrogen and oxygen atoms in total. The molecule has 0 bridgehead atoms. The summed E-state index contributed by atoms with van der Waals surface area (Å²) in [7, 11) is 0. The minimum Gasteiger partial charge on any atom is -0.355 e. The zero-order valence-electron chi connectivity index (χ0n) is 12.9. The molecule has 0 saturated carbocycles. The van der Waals surface area contributed by atoms with Crippen molar-refractivity contribution in [2.75, 3.05) is 39.3 Å². The zero-order valence-corrected chi connectivity index (χ0v) is 14.5. The van der Waals surface area contributed by atoms with E-state index in [1.807, 2.05) is 31.4 Å². The van der Waals surface area contributed by atoms with Crippen LogP contribution in [0.5, 0.6) is 0 Å². The Morgan fingerprint density at radius 2 is 2.14 bits per heavy atom. The molecule has 0 spiro atoms. The predicted octanol–water partition coefficient (Wildman–Crippen LogP) is 1.86. The smallest absolute Gasteiger partial charge is 0.230 e. The summed E-state index contributed by atoms with van der Waals surface area (Å²) in [6.45, 7) is 10.2. The van der Waals surface area contributed by atoms with E-state index in [9.17, 15) is 4.79 Å². The van der Waals surface area contributed by atoms with E-state index >= 15 is 0 Å². The van der Waals surface area contributed by atoms with Gasteiger partial charge in [0.25, 0.3) is 0 Å². The molecule has 2 rings (SSSR count). The lowest BCUT2D eigenvalue weighted by molar-refractivity contribution is -0.125. The molecular weight excluding hydrogens is 306 g/mol. The lowest BCUT2D eigenvalue weighted by Gasteiger charge is -2.27. The second-order valence-corrected chi connectivity index (χ2v) is 6.75. The first-order valence-electron chi connectivity index (χ1n) is 7.36. The summed E-state index contributed by atoms with van der Waals surface area (Å²) in [4.78, 5) is 15.9. The van der Waals surface area contributed by atoms with Crippen LogP contribution in [0, 0.1) is 0 Å². The van der Waals surface area contributed by atoms with Crippen molar-refractivity contribution in [1.29, 1.82) is 0 Å². The Labute approximate surface area is 137 Å². The van der Waals surface area contributed by atoms with Crippen molar-refractivity contribution in [3.8, 4) is 0 Å². The number of hydrogen-bond donors (Lipinski definition) is 2. The molecule has 6 heteroatoms. The summed E-state index contributed by atoms with van der Waals surface area (Å²) in [6, 6.07) is 4.03. The fraction of sp³-hybridized carbons (Fsp3) is 0.667. The Bertz CT molecular complexity index is 417. The number of rotatable bonds is 6. The Kier molecular flexibility index (Phi) is 7.66. The second-order valence-electron chi connectivity index (χ2n) is 5.80. The van der Waals surface area contributed by atoms with E-state index in [1.165, 1.54) is 0 Å². The van der Waals surface area contributed by atoms with E-state index in [-0.39, 0.29) is 18.3 Å². The van der Waals surface area contributed by atoms with Gasteiger partial charge in [0.1, 0.15) is 0 Å². The molecule has 0 aliphatic carbocycles. The highest BCUT2D eigenvalue weighted by molar-refractivity contribution is 7.10. The fourth-order valence-corrected chi connectivity index (χ4v) is 3.25. The first-order chi connectivity index (χ1) is 9.60. The molecule has 1 aromatic heterocycles.